The number of hydrogen-bond donors (Lipinski definition) is 0. The van der Waals surface area contributed by atoms with Crippen LogP contribution in [0.1, 0.15) is 5.69 Å². The average Bonchev–Trinajstić information content (AvgIpc) is 2.35. The highest BCUT2D eigenvalue weighted by Crippen LogP contribution is 2.28. The van der Waals surface area contributed by atoms with Gasteiger partial charge < -0.3 is 4.74 Å². The van der Waals surface area contributed by atoms with Crippen molar-refractivity contribution in [2.24, 2.45) is 0 Å². The molecule has 0 N–H and O–H groups in total. The van der Waals surface area contributed by atoms with Crippen molar-refractivity contribution in [1.82, 2.24) is 4.98 Å². The summed E-state index contributed by atoms with van der Waals surface area (Å²) in [5.74, 6) is 0.231. The molecule has 0 aliphatic rings. The molecule has 1 heterocycles. The van der Waals surface area contributed by atoms with Crippen molar-refractivity contribution in [3.8, 4) is 11.5 Å². The highest BCUT2D eigenvalue weighted by Gasteiger charge is 2.08. The molecule has 0 saturated carbocycles. The van der Waals surface area contributed by atoms with E-state index in [2.05, 4.69) is 4.98 Å². The molecule has 1 aromatic carbocycles. The second kappa shape index (κ2) is 5.34. The molecule has 0 unspecified atom stereocenters. The molecular weight excluding hydrogens is 264 g/mol. The molecule has 0 radical (unpaired) electrons. The molecule has 88 valence electrons. The zero-order valence-electron chi connectivity index (χ0n) is 8.66. The molecule has 0 bridgehead atoms. The molecule has 1 aromatic heterocycles. The molecular formula is C12H8Cl2FNO. The van der Waals surface area contributed by atoms with Crippen LogP contribution in [-0.2, 0) is 5.88 Å². The number of hydrogen-bond acceptors (Lipinski definition) is 2. The van der Waals surface area contributed by atoms with Crippen molar-refractivity contribution in [2.45, 2.75) is 5.88 Å². The Kier molecular flexibility index (Phi) is 3.82. The normalized spacial score (nSPS) is 10.3. The molecule has 2 rings (SSSR count). The van der Waals surface area contributed by atoms with Gasteiger partial charge in [-0.25, -0.2) is 4.39 Å². The standard InChI is InChI=1S/C12H8Cl2FNO/c13-7-8-6-9(4-5-16-8)17-11-3-1-2-10(14)12(11)15/h1-6H,7H2. The van der Waals surface area contributed by atoms with Crippen LogP contribution in [0.2, 0.25) is 5.02 Å². The molecule has 0 aliphatic carbocycles. The van der Waals surface area contributed by atoms with Crippen molar-refractivity contribution in [3.63, 3.8) is 0 Å². The second-order valence-corrected chi connectivity index (χ2v) is 3.94. The third-order valence-corrected chi connectivity index (χ3v) is 2.63. The van der Waals surface area contributed by atoms with E-state index in [-0.39, 0.29) is 16.7 Å². The van der Waals surface area contributed by atoms with Gasteiger partial charge in [-0.05, 0) is 18.2 Å². The van der Waals surface area contributed by atoms with E-state index in [4.69, 9.17) is 27.9 Å². The van der Waals surface area contributed by atoms with Gasteiger partial charge >= 0.3 is 0 Å². The zero-order chi connectivity index (χ0) is 12.3. The average molecular weight is 272 g/mol. The Labute approximate surface area is 108 Å². The van der Waals surface area contributed by atoms with Crippen LogP contribution < -0.4 is 4.74 Å². The number of halogens is 3. The van der Waals surface area contributed by atoms with Gasteiger partial charge in [0.05, 0.1) is 16.6 Å². The zero-order valence-corrected chi connectivity index (χ0v) is 10.2. The van der Waals surface area contributed by atoms with Crippen molar-refractivity contribution in [1.29, 1.82) is 0 Å². The molecule has 0 saturated heterocycles. The third-order valence-electron chi connectivity index (χ3n) is 2.07. The topological polar surface area (TPSA) is 22.1 Å². The minimum absolute atomic E-state index is 0.0223. The molecule has 0 atom stereocenters. The number of alkyl halides is 1. The van der Waals surface area contributed by atoms with Crippen LogP contribution in [0.3, 0.4) is 0 Å². The van der Waals surface area contributed by atoms with Gasteiger partial charge in [0.1, 0.15) is 5.75 Å². The van der Waals surface area contributed by atoms with E-state index in [0.717, 1.165) is 0 Å². The predicted molar refractivity (Wildman–Crippen MR) is 65.3 cm³/mol. The summed E-state index contributed by atoms with van der Waals surface area (Å²) in [7, 11) is 0. The maximum absolute atomic E-state index is 13.6. The van der Waals surface area contributed by atoms with Crippen LogP contribution >= 0.6 is 23.2 Å². The van der Waals surface area contributed by atoms with E-state index in [1.54, 1.807) is 24.4 Å². The first-order chi connectivity index (χ1) is 8.20. The van der Waals surface area contributed by atoms with Crippen molar-refractivity contribution < 1.29 is 9.13 Å². The lowest BCUT2D eigenvalue weighted by Crippen LogP contribution is -1.91. The fourth-order valence-electron chi connectivity index (χ4n) is 1.28. The van der Waals surface area contributed by atoms with E-state index < -0.39 is 5.82 Å². The van der Waals surface area contributed by atoms with E-state index in [0.29, 0.717) is 11.4 Å². The van der Waals surface area contributed by atoms with Crippen LogP contribution in [0.5, 0.6) is 11.5 Å². The predicted octanol–water partition coefficient (Wildman–Crippen LogP) is 4.41. The number of benzene rings is 1. The largest absolute Gasteiger partial charge is 0.454 e. The molecule has 0 aliphatic heterocycles. The van der Waals surface area contributed by atoms with Crippen LogP contribution in [0.15, 0.2) is 36.5 Å². The Bertz CT molecular complexity index is 534. The van der Waals surface area contributed by atoms with E-state index in [9.17, 15) is 4.39 Å². The Morgan fingerprint density at radius 1 is 1.29 bits per heavy atom. The first-order valence-corrected chi connectivity index (χ1v) is 5.74. The molecule has 2 aromatic rings. The Morgan fingerprint density at radius 2 is 2.12 bits per heavy atom. The van der Waals surface area contributed by atoms with Crippen molar-refractivity contribution in [3.05, 3.63) is 53.1 Å². The minimum Gasteiger partial charge on any atom is -0.454 e. The Balaban J connectivity index is 2.28. The summed E-state index contributed by atoms with van der Waals surface area (Å²) in [5, 5.41) is 0.0223. The summed E-state index contributed by atoms with van der Waals surface area (Å²) >= 11 is 11.3. The van der Waals surface area contributed by atoms with E-state index in [1.165, 1.54) is 12.1 Å². The summed E-state index contributed by atoms with van der Waals surface area (Å²) in [6.45, 7) is 0. The number of aromatic nitrogens is 1. The summed E-state index contributed by atoms with van der Waals surface area (Å²) in [4.78, 5) is 4.01. The van der Waals surface area contributed by atoms with Gasteiger partial charge in [-0.1, -0.05) is 17.7 Å². The number of ether oxygens (including phenoxy) is 1. The summed E-state index contributed by atoms with van der Waals surface area (Å²) in [6.07, 6.45) is 1.55. The monoisotopic (exact) mass is 271 g/mol. The minimum atomic E-state index is -0.585. The van der Waals surface area contributed by atoms with Crippen molar-refractivity contribution >= 4 is 23.2 Å². The third kappa shape index (κ3) is 2.87. The highest BCUT2D eigenvalue weighted by molar-refractivity contribution is 6.30. The maximum Gasteiger partial charge on any atom is 0.184 e. The molecule has 0 fully saturated rings. The van der Waals surface area contributed by atoms with Gasteiger partial charge in [-0.3, -0.25) is 4.98 Å². The first-order valence-electron chi connectivity index (χ1n) is 4.83. The Hall–Kier alpha value is -1.32. The summed E-state index contributed by atoms with van der Waals surface area (Å²) in [5.41, 5.74) is 0.659. The van der Waals surface area contributed by atoms with Gasteiger partial charge in [0.2, 0.25) is 0 Å². The van der Waals surface area contributed by atoms with Gasteiger partial charge in [-0.2, -0.15) is 0 Å². The summed E-state index contributed by atoms with van der Waals surface area (Å²) in [6, 6.07) is 7.84. The maximum atomic E-state index is 13.6. The molecule has 0 spiro atoms. The van der Waals surface area contributed by atoms with E-state index in [1.807, 2.05) is 0 Å². The fourth-order valence-corrected chi connectivity index (χ4v) is 1.59. The van der Waals surface area contributed by atoms with Crippen LogP contribution in [-0.4, -0.2) is 4.98 Å². The fraction of sp³-hybridized carbons (Fsp3) is 0.0833. The SMILES string of the molecule is Fc1c(Cl)cccc1Oc1ccnc(CCl)c1. The van der Waals surface area contributed by atoms with Gasteiger partial charge in [0.25, 0.3) is 0 Å². The lowest BCUT2D eigenvalue weighted by Gasteiger charge is -2.07. The lowest BCUT2D eigenvalue weighted by molar-refractivity contribution is 0.441. The van der Waals surface area contributed by atoms with Crippen LogP contribution in [0.4, 0.5) is 4.39 Å². The van der Waals surface area contributed by atoms with Gasteiger partial charge in [0, 0.05) is 12.3 Å². The van der Waals surface area contributed by atoms with Crippen LogP contribution in [0, 0.1) is 5.82 Å². The number of pyridine rings is 1. The van der Waals surface area contributed by atoms with Crippen molar-refractivity contribution in [2.75, 3.05) is 0 Å². The molecule has 2 nitrogen and oxygen atoms in total. The lowest BCUT2D eigenvalue weighted by atomic mass is 10.3. The molecule has 5 heteroatoms. The number of nitrogens with zero attached hydrogens (tertiary/aromatic N) is 1. The summed E-state index contributed by atoms with van der Waals surface area (Å²) < 4.78 is 18.9. The number of rotatable bonds is 3. The highest BCUT2D eigenvalue weighted by atomic mass is 35.5. The quantitative estimate of drug-likeness (QED) is 0.772. The Morgan fingerprint density at radius 3 is 2.88 bits per heavy atom. The van der Waals surface area contributed by atoms with Gasteiger partial charge in [-0.15, -0.1) is 11.6 Å². The smallest absolute Gasteiger partial charge is 0.184 e. The van der Waals surface area contributed by atoms with Gasteiger partial charge in [0.15, 0.2) is 11.6 Å². The van der Waals surface area contributed by atoms with Crippen LogP contribution in [0.25, 0.3) is 0 Å². The second-order valence-electron chi connectivity index (χ2n) is 3.27. The van der Waals surface area contributed by atoms with E-state index >= 15 is 0 Å². The molecule has 17 heavy (non-hydrogen) atoms. The first kappa shape index (κ1) is 12.1. The molecule has 0 amide bonds.